The third-order valence-corrected chi connectivity index (χ3v) is 2.63. The number of halogens is 3. The lowest BCUT2D eigenvalue weighted by Crippen LogP contribution is -2.06. The first kappa shape index (κ1) is 13.9. The van der Waals surface area contributed by atoms with Crippen LogP contribution in [-0.4, -0.2) is 11.1 Å². The Morgan fingerprint density at radius 1 is 1.05 bits per heavy atom. The van der Waals surface area contributed by atoms with Crippen molar-refractivity contribution < 1.29 is 23.1 Å². The summed E-state index contributed by atoms with van der Waals surface area (Å²) in [7, 11) is 0. The van der Waals surface area contributed by atoms with Crippen LogP contribution in [-0.2, 0) is 6.18 Å². The number of hydrogen-bond acceptors (Lipinski definition) is 2. The second-order valence-corrected chi connectivity index (χ2v) is 4.05. The van der Waals surface area contributed by atoms with E-state index in [2.05, 4.69) is 5.32 Å². The molecule has 0 atom stereocenters. The topological polar surface area (TPSA) is 49.3 Å². The molecule has 0 saturated heterocycles. The monoisotopic (exact) mass is 283 g/mol. The van der Waals surface area contributed by atoms with Crippen LogP contribution in [0.25, 0.3) is 0 Å². The zero-order valence-electron chi connectivity index (χ0n) is 10.1. The Bertz CT molecular complexity index is 638. The average Bonchev–Trinajstić information content (AvgIpc) is 2.38. The standard InChI is InChI=1S/C14H10F3NO2/c15-14(16,17)9-4-3-5-10(8-9)18-12-7-2-1-6-11(12)13(19)20/h1-8,18H,(H,19,20)/i13+2. The minimum atomic E-state index is -4.44. The van der Waals surface area contributed by atoms with E-state index in [0.29, 0.717) is 0 Å². The van der Waals surface area contributed by atoms with Crippen molar-refractivity contribution in [2.45, 2.75) is 6.18 Å². The van der Waals surface area contributed by atoms with Crippen LogP contribution in [0.1, 0.15) is 15.9 Å². The predicted octanol–water partition coefficient (Wildman–Crippen LogP) is 4.15. The van der Waals surface area contributed by atoms with Gasteiger partial charge in [0.1, 0.15) is 0 Å². The van der Waals surface area contributed by atoms with Crippen molar-refractivity contribution in [1.82, 2.24) is 0 Å². The van der Waals surface area contributed by atoms with Gasteiger partial charge in [0.05, 0.1) is 16.8 Å². The number of hydrogen-bond donors (Lipinski definition) is 2. The van der Waals surface area contributed by atoms with Gasteiger partial charge in [-0.15, -0.1) is 0 Å². The molecule has 0 amide bonds. The number of benzene rings is 2. The highest BCUT2D eigenvalue weighted by Crippen LogP contribution is 2.31. The smallest absolute Gasteiger partial charge is 0.416 e. The molecule has 0 aliphatic rings. The molecule has 0 saturated carbocycles. The third kappa shape index (κ3) is 3.09. The van der Waals surface area contributed by atoms with Gasteiger partial charge in [-0.2, -0.15) is 13.2 Å². The number of anilines is 2. The van der Waals surface area contributed by atoms with Crippen LogP contribution in [0.4, 0.5) is 24.5 Å². The average molecular weight is 283 g/mol. The molecule has 20 heavy (non-hydrogen) atoms. The second kappa shape index (κ2) is 5.24. The van der Waals surface area contributed by atoms with E-state index in [4.69, 9.17) is 5.11 Å². The molecule has 0 spiro atoms. The van der Waals surface area contributed by atoms with E-state index < -0.39 is 17.7 Å². The van der Waals surface area contributed by atoms with E-state index in [-0.39, 0.29) is 16.9 Å². The lowest BCUT2D eigenvalue weighted by Gasteiger charge is -2.12. The van der Waals surface area contributed by atoms with Crippen LogP contribution in [0, 0.1) is 0 Å². The molecular weight excluding hydrogens is 273 g/mol. The van der Waals surface area contributed by atoms with Gasteiger partial charge in [-0.25, -0.2) is 4.79 Å². The fraction of sp³-hybridized carbons (Fsp3) is 0.0714. The molecule has 0 aromatic heterocycles. The molecule has 2 rings (SSSR count). The van der Waals surface area contributed by atoms with Crippen molar-refractivity contribution in [3.05, 3.63) is 59.7 Å². The summed E-state index contributed by atoms with van der Waals surface area (Å²) >= 11 is 0. The van der Waals surface area contributed by atoms with Gasteiger partial charge in [0.2, 0.25) is 0 Å². The first-order chi connectivity index (χ1) is 9.38. The molecule has 2 aromatic carbocycles. The van der Waals surface area contributed by atoms with Crippen LogP contribution in [0.5, 0.6) is 0 Å². The molecular formula is C14H10F3NO2. The van der Waals surface area contributed by atoms with Crippen LogP contribution < -0.4 is 5.32 Å². The van der Waals surface area contributed by atoms with Gasteiger partial charge in [-0.1, -0.05) is 18.2 Å². The zero-order chi connectivity index (χ0) is 14.8. The Hall–Kier alpha value is -2.50. The summed E-state index contributed by atoms with van der Waals surface area (Å²) in [6.07, 6.45) is -4.44. The van der Waals surface area contributed by atoms with Crippen molar-refractivity contribution in [2.75, 3.05) is 5.32 Å². The number of para-hydroxylation sites is 1. The zero-order valence-corrected chi connectivity index (χ0v) is 10.1. The third-order valence-electron chi connectivity index (χ3n) is 2.63. The number of carboxylic acid groups (broad SMARTS) is 1. The highest BCUT2D eigenvalue weighted by Gasteiger charge is 2.30. The van der Waals surface area contributed by atoms with Gasteiger partial charge in [-0.05, 0) is 30.3 Å². The quantitative estimate of drug-likeness (QED) is 0.889. The highest BCUT2D eigenvalue weighted by atomic mass is 19.4. The van der Waals surface area contributed by atoms with E-state index in [0.717, 1.165) is 12.1 Å². The number of alkyl halides is 3. The van der Waals surface area contributed by atoms with Gasteiger partial charge < -0.3 is 10.4 Å². The van der Waals surface area contributed by atoms with E-state index in [9.17, 15) is 18.0 Å². The van der Waals surface area contributed by atoms with Gasteiger partial charge in [0.15, 0.2) is 0 Å². The lowest BCUT2D eigenvalue weighted by atomic mass is 10.2. The minimum absolute atomic E-state index is 0.00934. The summed E-state index contributed by atoms with van der Waals surface area (Å²) in [6.45, 7) is 0. The maximum absolute atomic E-state index is 12.6. The van der Waals surface area contributed by atoms with Crippen molar-refractivity contribution in [3.8, 4) is 0 Å². The molecule has 2 aromatic rings. The summed E-state index contributed by atoms with van der Waals surface area (Å²) < 4.78 is 37.8. The van der Waals surface area contributed by atoms with E-state index in [1.807, 2.05) is 0 Å². The van der Waals surface area contributed by atoms with Gasteiger partial charge in [0.25, 0.3) is 0 Å². The van der Waals surface area contributed by atoms with Crippen molar-refractivity contribution in [3.63, 3.8) is 0 Å². The van der Waals surface area contributed by atoms with E-state index >= 15 is 0 Å². The SMILES string of the molecule is O=[14C](O)c1ccccc1Nc1cccc(C(F)(F)F)c1. The number of carboxylic acids is 1. The van der Waals surface area contributed by atoms with E-state index in [1.165, 1.54) is 24.3 Å². The molecule has 0 bridgehead atoms. The molecule has 0 heterocycles. The van der Waals surface area contributed by atoms with Crippen molar-refractivity contribution in [2.24, 2.45) is 0 Å². The van der Waals surface area contributed by atoms with Crippen molar-refractivity contribution >= 4 is 17.3 Å². The maximum atomic E-state index is 12.6. The molecule has 0 fully saturated rings. The Morgan fingerprint density at radius 2 is 1.75 bits per heavy atom. The summed E-state index contributed by atoms with van der Waals surface area (Å²) in [5, 5.41) is 11.7. The fourth-order valence-electron chi connectivity index (χ4n) is 1.71. The minimum Gasteiger partial charge on any atom is -0.478 e. The first-order valence-corrected chi connectivity index (χ1v) is 5.64. The number of rotatable bonds is 3. The summed E-state index contributed by atoms with van der Waals surface area (Å²) in [4.78, 5) is 11.0. The van der Waals surface area contributed by atoms with Crippen LogP contribution >= 0.6 is 0 Å². The molecule has 0 unspecified atom stereocenters. The normalized spacial score (nSPS) is 11.2. The molecule has 0 aliphatic carbocycles. The molecule has 3 nitrogen and oxygen atoms in total. The fourth-order valence-corrected chi connectivity index (χ4v) is 1.71. The van der Waals surface area contributed by atoms with Crippen LogP contribution in [0.2, 0.25) is 0 Å². The number of nitrogens with one attached hydrogen (secondary N) is 1. The van der Waals surface area contributed by atoms with Gasteiger partial charge in [0, 0.05) is 5.69 Å². The second-order valence-electron chi connectivity index (χ2n) is 4.05. The van der Waals surface area contributed by atoms with Crippen LogP contribution in [0.3, 0.4) is 0 Å². The highest BCUT2D eigenvalue weighted by molar-refractivity contribution is 5.95. The molecule has 104 valence electrons. The van der Waals surface area contributed by atoms with E-state index in [1.54, 1.807) is 12.1 Å². The summed E-state index contributed by atoms with van der Waals surface area (Å²) in [5.41, 5.74) is -0.395. The molecule has 0 radical (unpaired) electrons. The Morgan fingerprint density at radius 3 is 2.40 bits per heavy atom. The summed E-state index contributed by atoms with van der Waals surface area (Å²) in [5.74, 6) is -1.15. The molecule has 6 heteroatoms. The Labute approximate surface area is 112 Å². The number of carbonyl (C=O) groups is 1. The maximum Gasteiger partial charge on any atom is 0.416 e. The lowest BCUT2D eigenvalue weighted by molar-refractivity contribution is -0.137. The van der Waals surface area contributed by atoms with Crippen molar-refractivity contribution in [1.29, 1.82) is 0 Å². The largest absolute Gasteiger partial charge is 0.478 e. The molecule has 2 N–H and O–H groups in total. The number of aromatic carboxylic acids is 1. The first-order valence-electron chi connectivity index (χ1n) is 5.64. The molecule has 0 aliphatic heterocycles. The Balaban J connectivity index is 2.34. The Kier molecular flexibility index (Phi) is 3.65. The van der Waals surface area contributed by atoms with Gasteiger partial charge >= 0.3 is 12.1 Å². The summed E-state index contributed by atoms with van der Waals surface area (Å²) in [6, 6.07) is 10.6. The predicted molar refractivity (Wildman–Crippen MR) is 68.1 cm³/mol. The van der Waals surface area contributed by atoms with Gasteiger partial charge in [-0.3, -0.25) is 0 Å². The van der Waals surface area contributed by atoms with Crippen LogP contribution in [0.15, 0.2) is 48.5 Å².